The van der Waals surface area contributed by atoms with E-state index < -0.39 is 11.4 Å². The zero-order chi connectivity index (χ0) is 6.91. The van der Waals surface area contributed by atoms with Crippen LogP contribution < -0.4 is 5.32 Å². The molecule has 0 saturated carbocycles. The summed E-state index contributed by atoms with van der Waals surface area (Å²) in [5, 5.41) is 1.26. The first kappa shape index (κ1) is 7.21. The molecule has 1 atom stereocenters. The molecule has 0 aromatic heterocycles. The summed E-state index contributed by atoms with van der Waals surface area (Å²) >= 11 is 0.788. The summed E-state index contributed by atoms with van der Waals surface area (Å²) in [6.07, 6.45) is -4.05. The first-order valence-corrected chi connectivity index (χ1v) is 3.32. The minimum atomic E-state index is -4.05. The first-order valence-electron chi connectivity index (χ1n) is 2.38. The van der Waals surface area contributed by atoms with Gasteiger partial charge in [-0.2, -0.15) is 13.2 Å². The molecule has 0 aliphatic carbocycles. The number of nitrogens with one attached hydrogen (secondary N) is 1. The standard InChI is InChI=1S/C4H5F3NS/c5-4(6,7)3-1-8-2-9-3/h2-3,8H,1H2. The lowest BCUT2D eigenvalue weighted by atomic mass is 10.4. The lowest BCUT2D eigenvalue weighted by Gasteiger charge is -2.10. The number of rotatable bonds is 0. The molecule has 0 aromatic rings. The van der Waals surface area contributed by atoms with E-state index in [4.69, 9.17) is 0 Å². The second-order valence-corrected chi connectivity index (χ2v) is 2.77. The molecule has 53 valence electrons. The number of hydrogen-bond donors (Lipinski definition) is 1. The third-order valence-electron chi connectivity index (χ3n) is 0.984. The Balaban J connectivity index is 2.42. The zero-order valence-corrected chi connectivity index (χ0v) is 5.22. The van der Waals surface area contributed by atoms with Crippen molar-refractivity contribution in [1.29, 1.82) is 0 Å². The number of halogens is 3. The van der Waals surface area contributed by atoms with E-state index >= 15 is 0 Å². The Morgan fingerprint density at radius 1 is 1.56 bits per heavy atom. The molecule has 1 heterocycles. The highest BCUT2D eigenvalue weighted by Gasteiger charge is 2.41. The Morgan fingerprint density at radius 2 is 2.22 bits per heavy atom. The van der Waals surface area contributed by atoms with Gasteiger partial charge in [-0.15, -0.1) is 11.8 Å². The van der Waals surface area contributed by atoms with Crippen LogP contribution in [0.25, 0.3) is 0 Å². The van der Waals surface area contributed by atoms with Gasteiger partial charge in [0.05, 0.1) is 5.88 Å². The van der Waals surface area contributed by atoms with Gasteiger partial charge in [0, 0.05) is 6.54 Å². The molecule has 9 heavy (non-hydrogen) atoms. The van der Waals surface area contributed by atoms with E-state index in [0.717, 1.165) is 11.8 Å². The van der Waals surface area contributed by atoms with Gasteiger partial charge in [-0.1, -0.05) is 0 Å². The maximum absolute atomic E-state index is 11.7. The summed E-state index contributed by atoms with van der Waals surface area (Å²) in [6, 6.07) is 0. The molecule has 1 saturated heterocycles. The lowest BCUT2D eigenvalue weighted by molar-refractivity contribution is -0.126. The van der Waals surface area contributed by atoms with Crippen LogP contribution in [0.15, 0.2) is 0 Å². The quantitative estimate of drug-likeness (QED) is 0.568. The molecule has 1 aliphatic heterocycles. The lowest BCUT2D eigenvalue weighted by Crippen LogP contribution is -2.28. The Morgan fingerprint density at radius 3 is 2.44 bits per heavy atom. The van der Waals surface area contributed by atoms with Gasteiger partial charge < -0.3 is 5.32 Å². The highest BCUT2D eigenvalue weighted by atomic mass is 32.2. The summed E-state index contributed by atoms with van der Waals surface area (Å²) in [7, 11) is 0. The van der Waals surface area contributed by atoms with E-state index in [1.54, 1.807) is 0 Å². The Bertz CT molecular complexity index is 96.5. The van der Waals surface area contributed by atoms with Gasteiger partial charge in [0.25, 0.3) is 0 Å². The normalized spacial score (nSPS) is 29.0. The van der Waals surface area contributed by atoms with Crippen molar-refractivity contribution in [2.45, 2.75) is 11.4 Å². The average Bonchev–Trinajstić information content (AvgIpc) is 2.08. The van der Waals surface area contributed by atoms with Crippen LogP contribution in [0, 0.1) is 5.88 Å². The second-order valence-electron chi connectivity index (χ2n) is 1.69. The molecule has 1 N–H and O–H groups in total. The average molecular weight is 156 g/mol. The molecule has 1 nitrogen and oxygen atoms in total. The van der Waals surface area contributed by atoms with Crippen molar-refractivity contribution in [3.8, 4) is 0 Å². The van der Waals surface area contributed by atoms with Gasteiger partial charge in [-0.25, -0.2) is 0 Å². The minimum Gasteiger partial charge on any atom is -0.302 e. The molecule has 0 amide bonds. The Kier molecular flexibility index (Phi) is 1.91. The van der Waals surface area contributed by atoms with Crippen molar-refractivity contribution in [3.05, 3.63) is 5.88 Å². The molecule has 0 bridgehead atoms. The third kappa shape index (κ3) is 1.76. The largest absolute Gasteiger partial charge is 0.401 e. The first-order chi connectivity index (χ1) is 4.11. The van der Waals surface area contributed by atoms with Crippen molar-refractivity contribution >= 4 is 11.8 Å². The molecule has 1 rings (SSSR count). The predicted molar refractivity (Wildman–Crippen MR) is 29.7 cm³/mol. The molecule has 1 fully saturated rings. The summed E-state index contributed by atoms with van der Waals surface area (Å²) in [6.45, 7) is 0.00810. The van der Waals surface area contributed by atoms with Crippen LogP contribution in [0.3, 0.4) is 0 Å². The Labute approximate surface area is 55.0 Å². The minimum absolute atomic E-state index is 0.00810. The van der Waals surface area contributed by atoms with Crippen molar-refractivity contribution in [2.24, 2.45) is 0 Å². The van der Waals surface area contributed by atoms with Crippen LogP contribution in [0.5, 0.6) is 0 Å². The van der Waals surface area contributed by atoms with E-state index in [1.807, 2.05) is 0 Å². The molecule has 5 heteroatoms. The van der Waals surface area contributed by atoms with Gasteiger partial charge in [0.1, 0.15) is 5.25 Å². The third-order valence-corrected chi connectivity index (χ3v) is 2.05. The summed E-state index contributed by atoms with van der Waals surface area (Å²) in [5.41, 5.74) is 0. The number of hydrogen-bond acceptors (Lipinski definition) is 2. The number of thioether (sulfide) groups is 1. The Hall–Kier alpha value is 0.100. The van der Waals surface area contributed by atoms with Crippen molar-refractivity contribution in [2.75, 3.05) is 6.54 Å². The fraction of sp³-hybridized carbons (Fsp3) is 0.750. The molecule has 0 aromatic carbocycles. The summed E-state index contributed by atoms with van der Waals surface area (Å²) < 4.78 is 35.0. The molecule has 1 unspecified atom stereocenters. The highest BCUT2D eigenvalue weighted by Crippen LogP contribution is 2.33. The van der Waals surface area contributed by atoms with Crippen LogP contribution in [-0.2, 0) is 0 Å². The van der Waals surface area contributed by atoms with Gasteiger partial charge in [-0.05, 0) is 0 Å². The highest BCUT2D eigenvalue weighted by molar-refractivity contribution is 8.02. The summed E-state index contributed by atoms with van der Waals surface area (Å²) in [4.78, 5) is 0. The van der Waals surface area contributed by atoms with Crippen LogP contribution in [0.2, 0.25) is 0 Å². The molecular formula is C4H5F3NS. The van der Waals surface area contributed by atoms with E-state index in [2.05, 4.69) is 5.32 Å². The summed E-state index contributed by atoms with van der Waals surface area (Å²) in [5.74, 6) is 1.37. The fourth-order valence-electron chi connectivity index (χ4n) is 0.526. The van der Waals surface area contributed by atoms with Gasteiger partial charge in [0.2, 0.25) is 0 Å². The van der Waals surface area contributed by atoms with Gasteiger partial charge in [0.15, 0.2) is 0 Å². The predicted octanol–water partition coefficient (Wildman–Crippen LogP) is 1.37. The smallest absolute Gasteiger partial charge is 0.302 e. The SMILES string of the molecule is FC(F)(F)C1CN[CH]S1. The van der Waals surface area contributed by atoms with Crippen molar-refractivity contribution in [1.82, 2.24) is 5.32 Å². The monoisotopic (exact) mass is 156 g/mol. The molecule has 1 radical (unpaired) electrons. The zero-order valence-electron chi connectivity index (χ0n) is 4.40. The maximum Gasteiger partial charge on any atom is 0.401 e. The van der Waals surface area contributed by atoms with E-state index in [-0.39, 0.29) is 6.54 Å². The van der Waals surface area contributed by atoms with E-state index in [9.17, 15) is 13.2 Å². The van der Waals surface area contributed by atoms with Gasteiger partial charge >= 0.3 is 6.18 Å². The van der Waals surface area contributed by atoms with Crippen LogP contribution in [0.1, 0.15) is 0 Å². The van der Waals surface area contributed by atoms with Gasteiger partial charge in [-0.3, -0.25) is 0 Å². The molecule has 0 spiro atoms. The molecular weight excluding hydrogens is 151 g/mol. The van der Waals surface area contributed by atoms with Crippen LogP contribution >= 0.6 is 11.8 Å². The van der Waals surface area contributed by atoms with Crippen LogP contribution in [0.4, 0.5) is 13.2 Å². The van der Waals surface area contributed by atoms with Crippen molar-refractivity contribution in [3.63, 3.8) is 0 Å². The fourth-order valence-corrected chi connectivity index (χ4v) is 1.23. The molecule has 1 aliphatic rings. The van der Waals surface area contributed by atoms with Crippen molar-refractivity contribution < 1.29 is 13.2 Å². The second kappa shape index (κ2) is 2.38. The topological polar surface area (TPSA) is 12.0 Å². The van der Waals surface area contributed by atoms with E-state index in [0.29, 0.717) is 0 Å². The maximum atomic E-state index is 11.7. The van der Waals surface area contributed by atoms with Crippen LogP contribution in [-0.4, -0.2) is 18.0 Å². The number of alkyl halides is 3. The van der Waals surface area contributed by atoms with E-state index in [1.165, 1.54) is 5.88 Å².